The number of fused-ring (bicyclic) bond motifs is 1. The molecule has 170 valence electrons. The number of nitrogens with one attached hydrogen (secondary N) is 1. The smallest absolute Gasteiger partial charge is 0.252 e. The molecule has 0 saturated heterocycles. The summed E-state index contributed by atoms with van der Waals surface area (Å²) in [4.78, 5) is 21.5. The van der Waals surface area contributed by atoms with Crippen LogP contribution in [0.15, 0.2) is 57.8 Å². The van der Waals surface area contributed by atoms with Crippen molar-refractivity contribution < 1.29 is 9.32 Å². The highest BCUT2D eigenvalue weighted by molar-refractivity contribution is 9.10. The number of aromatic nitrogens is 4. The number of benzene rings is 2. The molecule has 2 aromatic carbocycles. The van der Waals surface area contributed by atoms with Crippen LogP contribution in [0.25, 0.3) is 22.4 Å². The van der Waals surface area contributed by atoms with Crippen LogP contribution >= 0.6 is 15.9 Å². The van der Waals surface area contributed by atoms with Gasteiger partial charge >= 0.3 is 0 Å². The van der Waals surface area contributed by atoms with Crippen LogP contribution in [0.1, 0.15) is 48.4 Å². The maximum Gasteiger partial charge on any atom is 0.252 e. The molecule has 1 aliphatic carbocycles. The number of aryl methyl sites for hydroxylation is 1. The van der Waals surface area contributed by atoms with Gasteiger partial charge < -0.3 is 14.4 Å². The molecule has 8 heteroatoms. The maximum absolute atomic E-state index is 12.4. The lowest BCUT2D eigenvalue weighted by Crippen LogP contribution is -2.27. The van der Waals surface area contributed by atoms with Crippen molar-refractivity contribution in [3.8, 4) is 11.4 Å². The number of nitrogens with zero attached hydrogens (tertiary/aromatic N) is 4. The van der Waals surface area contributed by atoms with Crippen LogP contribution < -0.4 is 5.32 Å². The van der Waals surface area contributed by atoms with E-state index >= 15 is 0 Å². The van der Waals surface area contributed by atoms with Gasteiger partial charge in [0.25, 0.3) is 5.91 Å². The van der Waals surface area contributed by atoms with E-state index < -0.39 is 0 Å². The summed E-state index contributed by atoms with van der Waals surface area (Å²) in [5, 5.41) is 7.14. The van der Waals surface area contributed by atoms with E-state index in [1.807, 2.05) is 41.0 Å². The molecule has 0 radical (unpaired) electrons. The lowest BCUT2D eigenvalue weighted by molar-refractivity contribution is 0.0951. The second-order valence-corrected chi connectivity index (χ2v) is 9.43. The summed E-state index contributed by atoms with van der Waals surface area (Å²) in [6.07, 6.45) is 9.12. The third-order valence-electron chi connectivity index (χ3n) is 6.35. The van der Waals surface area contributed by atoms with Crippen molar-refractivity contribution in [1.29, 1.82) is 0 Å². The van der Waals surface area contributed by atoms with Crippen LogP contribution in [-0.2, 0) is 13.0 Å². The fourth-order valence-corrected chi connectivity index (χ4v) is 4.98. The summed E-state index contributed by atoms with van der Waals surface area (Å²) >= 11 is 3.42. The summed E-state index contributed by atoms with van der Waals surface area (Å²) < 4.78 is 8.30. The molecule has 0 aliphatic heterocycles. The summed E-state index contributed by atoms with van der Waals surface area (Å²) in [5.41, 5.74) is 3.38. The molecule has 5 rings (SSSR count). The predicted molar refractivity (Wildman–Crippen MR) is 130 cm³/mol. The fourth-order valence-electron chi connectivity index (χ4n) is 4.51. The average molecular weight is 508 g/mol. The van der Waals surface area contributed by atoms with Gasteiger partial charge in [-0.3, -0.25) is 4.79 Å². The Kier molecular flexibility index (Phi) is 6.53. The Morgan fingerprint density at radius 1 is 1.18 bits per heavy atom. The monoisotopic (exact) mass is 507 g/mol. The molecule has 1 N–H and O–H groups in total. The molecule has 2 aromatic heterocycles. The highest BCUT2D eigenvalue weighted by Crippen LogP contribution is 2.29. The number of hydrogen-bond donors (Lipinski definition) is 1. The van der Waals surface area contributed by atoms with Crippen LogP contribution in [0.4, 0.5) is 0 Å². The van der Waals surface area contributed by atoms with Crippen molar-refractivity contribution in [3.63, 3.8) is 0 Å². The van der Waals surface area contributed by atoms with E-state index in [0.29, 0.717) is 30.4 Å². The normalized spacial score (nSPS) is 14.2. The fraction of sp³-hybridized carbons (Fsp3) is 0.360. The van der Waals surface area contributed by atoms with Gasteiger partial charge in [0.15, 0.2) is 0 Å². The zero-order chi connectivity index (χ0) is 22.6. The van der Waals surface area contributed by atoms with E-state index in [1.165, 1.54) is 25.7 Å². The van der Waals surface area contributed by atoms with E-state index in [-0.39, 0.29) is 5.91 Å². The van der Waals surface area contributed by atoms with Crippen molar-refractivity contribution >= 4 is 32.9 Å². The highest BCUT2D eigenvalue weighted by Gasteiger charge is 2.17. The minimum atomic E-state index is -0.102. The van der Waals surface area contributed by atoms with E-state index in [0.717, 1.165) is 39.8 Å². The van der Waals surface area contributed by atoms with Crippen molar-refractivity contribution in [3.05, 3.63) is 64.7 Å². The van der Waals surface area contributed by atoms with Gasteiger partial charge in [0.05, 0.1) is 22.9 Å². The summed E-state index contributed by atoms with van der Waals surface area (Å²) in [7, 11) is 0. The minimum Gasteiger partial charge on any atom is -0.350 e. The zero-order valence-electron chi connectivity index (χ0n) is 18.3. The Balaban J connectivity index is 1.21. The Hall–Kier alpha value is -3.00. The van der Waals surface area contributed by atoms with Crippen LogP contribution in [0.5, 0.6) is 0 Å². The summed E-state index contributed by atoms with van der Waals surface area (Å²) in [5.74, 6) is 2.02. The van der Waals surface area contributed by atoms with Gasteiger partial charge in [0.1, 0.15) is 0 Å². The Morgan fingerprint density at radius 2 is 2.03 bits per heavy atom. The zero-order valence-corrected chi connectivity index (χ0v) is 19.9. The Bertz CT molecular complexity index is 1260. The molecule has 1 amide bonds. The molecule has 0 unspecified atom stereocenters. The second-order valence-electron chi connectivity index (χ2n) is 8.58. The number of amides is 1. The lowest BCUT2D eigenvalue weighted by atomic mass is 10.0. The number of hydrogen-bond acceptors (Lipinski definition) is 5. The molecule has 7 nitrogen and oxygen atoms in total. The van der Waals surface area contributed by atoms with Crippen LogP contribution in [-0.4, -0.2) is 32.1 Å². The molecular formula is C25H26BrN5O2. The summed E-state index contributed by atoms with van der Waals surface area (Å²) in [6, 6.07) is 13.4. The highest BCUT2D eigenvalue weighted by atomic mass is 79.9. The third kappa shape index (κ3) is 5.00. The van der Waals surface area contributed by atoms with Gasteiger partial charge in [-0.2, -0.15) is 4.98 Å². The van der Waals surface area contributed by atoms with E-state index in [9.17, 15) is 4.79 Å². The number of halogens is 1. The Labute approximate surface area is 200 Å². The average Bonchev–Trinajstić information content (AvgIpc) is 3.59. The SMILES string of the molecule is O=C(NCCn1cnc2cc(-c3noc(CCC4CCCC4)n3)ccc21)c1ccccc1Br. The van der Waals surface area contributed by atoms with Crippen molar-refractivity contribution in [2.24, 2.45) is 5.92 Å². The first-order valence-corrected chi connectivity index (χ1v) is 12.3. The minimum absolute atomic E-state index is 0.102. The molecule has 0 atom stereocenters. The summed E-state index contributed by atoms with van der Waals surface area (Å²) in [6.45, 7) is 1.13. The molecule has 0 bridgehead atoms. The number of imidazole rings is 1. The second kappa shape index (κ2) is 9.87. The van der Waals surface area contributed by atoms with Gasteiger partial charge in [-0.25, -0.2) is 4.98 Å². The third-order valence-corrected chi connectivity index (χ3v) is 7.04. The first-order valence-electron chi connectivity index (χ1n) is 11.5. The van der Waals surface area contributed by atoms with E-state index in [4.69, 9.17) is 4.52 Å². The van der Waals surface area contributed by atoms with Crippen LogP contribution in [0.2, 0.25) is 0 Å². The van der Waals surface area contributed by atoms with E-state index in [2.05, 4.69) is 36.4 Å². The number of carbonyl (C=O) groups is 1. The number of carbonyl (C=O) groups excluding carboxylic acids is 1. The molecule has 1 saturated carbocycles. The van der Waals surface area contributed by atoms with Gasteiger partial charge in [-0.1, -0.05) is 43.0 Å². The molecule has 2 heterocycles. The number of rotatable bonds is 8. The largest absolute Gasteiger partial charge is 0.350 e. The van der Waals surface area contributed by atoms with Gasteiger partial charge in [-0.15, -0.1) is 0 Å². The topological polar surface area (TPSA) is 85.8 Å². The van der Waals surface area contributed by atoms with Crippen molar-refractivity contribution in [1.82, 2.24) is 25.0 Å². The van der Waals surface area contributed by atoms with Gasteiger partial charge in [-0.05, 0) is 58.6 Å². The molecule has 1 aliphatic rings. The van der Waals surface area contributed by atoms with Gasteiger partial charge in [0.2, 0.25) is 11.7 Å². The van der Waals surface area contributed by atoms with Crippen LogP contribution in [0, 0.1) is 5.92 Å². The Morgan fingerprint density at radius 3 is 2.88 bits per heavy atom. The first kappa shape index (κ1) is 21.8. The predicted octanol–water partition coefficient (Wildman–Crippen LogP) is 5.40. The molecule has 1 fully saturated rings. The molecule has 33 heavy (non-hydrogen) atoms. The van der Waals surface area contributed by atoms with Crippen LogP contribution in [0.3, 0.4) is 0 Å². The lowest BCUT2D eigenvalue weighted by Gasteiger charge is -2.08. The first-order chi connectivity index (χ1) is 16.2. The standard InChI is InChI=1S/C25H26BrN5O2/c26-20-8-4-3-7-19(20)25(32)27-13-14-31-16-28-21-15-18(10-11-22(21)31)24-29-23(33-30-24)12-9-17-5-1-2-6-17/h3-4,7-8,10-11,15-17H,1-2,5-6,9,12-14H2,(H,27,32). The molecule has 0 spiro atoms. The quantitative estimate of drug-likeness (QED) is 0.345. The van der Waals surface area contributed by atoms with Gasteiger partial charge in [0, 0.05) is 29.5 Å². The molecular weight excluding hydrogens is 482 g/mol. The maximum atomic E-state index is 12.4. The van der Waals surface area contributed by atoms with E-state index in [1.54, 1.807) is 12.4 Å². The van der Waals surface area contributed by atoms with Crippen molar-refractivity contribution in [2.45, 2.75) is 45.1 Å². The molecule has 4 aromatic rings. The van der Waals surface area contributed by atoms with Crippen molar-refractivity contribution in [2.75, 3.05) is 6.54 Å².